The molecule has 1 unspecified atom stereocenters. The van der Waals surface area contributed by atoms with Gasteiger partial charge < -0.3 is 9.80 Å². The van der Waals surface area contributed by atoms with Crippen molar-refractivity contribution in [2.24, 2.45) is 0 Å². The molecule has 0 radical (unpaired) electrons. The average Bonchev–Trinajstić information content (AvgIpc) is 2.33. The SMILES string of the molecule is CCCC1CN(C(C)C)C(=O)N1C. The second kappa shape index (κ2) is 3.99. The summed E-state index contributed by atoms with van der Waals surface area (Å²) in [6.45, 7) is 7.21. The van der Waals surface area contributed by atoms with Gasteiger partial charge in [-0.3, -0.25) is 0 Å². The minimum Gasteiger partial charge on any atom is -0.323 e. The molecule has 1 aliphatic rings. The Hall–Kier alpha value is -0.730. The van der Waals surface area contributed by atoms with Gasteiger partial charge in [0.05, 0.1) is 6.04 Å². The maximum absolute atomic E-state index is 11.7. The fraction of sp³-hybridized carbons (Fsp3) is 0.900. The highest BCUT2D eigenvalue weighted by Crippen LogP contribution is 2.19. The van der Waals surface area contributed by atoms with Crippen molar-refractivity contribution in [3.8, 4) is 0 Å². The Balaban J connectivity index is 2.61. The van der Waals surface area contributed by atoms with Crippen molar-refractivity contribution in [2.45, 2.75) is 45.7 Å². The highest BCUT2D eigenvalue weighted by atomic mass is 16.2. The zero-order valence-electron chi connectivity index (χ0n) is 9.08. The summed E-state index contributed by atoms with van der Waals surface area (Å²) in [5, 5.41) is 0. The lowest BCUT2D eigenvalue weighted by Gasteiger charge is -2.19. The minimum absolute atomic E-state index is 0.188. The van der Waals surface area contributed by atoms with Crippen LogP contribution in [0.5, 0.6) is 0 Å². The van der Waals surface area contributed by atoms with Crippen LogP contribution < -0.4 is 0 Å². The summed E-state index contributed by atoms with van der Waals surface area (Å²) >= 11 is 0. The van der Waals surface area contributed by atoms with E-state index in [1.54, 1.807) is 0 Å². The van der Waals surface area contributed by atoms with E-state index in [0.29, 0.717) is 12.1 Å². The van der Waals surface area contributed by atoms with Crippen molar-refractivity contribution in [2.75, 3.05) is 13.6 Å². The van der Waals surface area contributed by atoms with Crippen LogP contribution in [0.2, 0.25) is 0 Å². The van der Waals surface area contributed by atoms with Crippen molar-refractivity contribution in [3.63, 3.8) is 0 Å². The Bertz CT molecular complexity index is 191. The van der Waals surface area contributed by atoms with Gasteiger partial charge in [-0.25, -0.2) is 4.79 Å². The highest BCUT2D eigenvalue weighted by Gasteiger charge is 2.34. The molecule has 1 saturated heterocycles. The molecule has 0 saturated carbocycles. The topological polar surface area (TPSA) is 23.6 Å². The van der Waals surface area contributed by atoms with Crippen LogP contribution in [-0.2, 0) is 0 Å². The lowest BCUT2D eigenvalue weighted by Crippen LogP contribution is -2.34. The maximum atomic E-state index is 11.7. The molecule has 2 amide bonds. The lowest BCUT2D eigenvalue weighted by molar-refractivity contribution is 0.187. The zero-order chi connectivity index (χ0) is 10.0. The zero-order valence-corrected chi connectivity index (χ0v) is 9.08. The van der Waals surface area contributed by atoms with Gasteiger partial charge in [0.25, 0.3) is 0 Å². The Morgan fingerprint density at radius 3 is 2.54 bits per heavy atom. The molecular weight excluding hydrogens is 164 g/mol. The molecule has 76 valence electrons. The second-order valence-corrected chi connectivity index (χ2v) is 4.08. The van der Waals surface area contributed by atoms with Crippen molar-refractivity contribution < 1.29 is 4.79 Å². The Labute approximate surface area is 80.7 Å². The van der Waals surface area contributed by atoms with E-state index in [4.69, 9.17) is 0 Å². The van der Waals surface area contributed by atoms with E-state index in [2.05, 4.69) is 20.8 Å². The molecule has 0 spiro atoms. The Kier molecular flexibility index (Phi) is 3.17. The first-order valence-electron chi connectivity index (χ1n) is 5.11. The summed E-state index contributed by atoms with van der Waals surface area (Å²) in [5.74, 6) is 0. The molecule has 0 bridgehead atoms. The summed E-state index contributed by atoms with van der Waals surface area (Å²) in [6, 6.07) is 0.949. The van der Waals surface area contributed by atoms with E-state index >= 15 is 0 Å². The van der Waals surface area contributed by atoms with Crippen LogP contribution >= 0.6 is 0 Å². The van der Waals surface area contributed by atoms with E-state index in [0.717, 1.165) is 19.4 Å². The van der Waals surface area contributed by atoms with Gasteiger partial charge >= 0.3 is 6.03 Å². The first kappa shape index (κ1) is 10.4. The molecular formula is C10H20N2O. The third-order valence-corrected chi connectivity index (χ3v) is 2.75. The van der Waals surface area contributed by atoms with E-state index < -0.39 is 0 Å². The van der Waals surface area contributed by atoms with Crippen LogP contribution in [0.1, 0.15) is 33.6 Å². The maximum Gasteiger partial charge on any atom is 0.320 e. The van der Waals surface area contributed by atoms with E-state index in [9.17, 15) is 4.79 Å². The van der Waals surface area contributed by atoms with Crippen LogP contribution in [0.25, 0.3) is 0 Å². The number of hydrogen-bond donors (Lipinski definition) is 0. The molecule has 1 atom stereocenters. The predicted molar refractivity (Wildman–Crippen MR) is 53.7 cm³/mol. The van der Waals surface area contributed by atoms with Gasteiger partial charge in [-0.2, -0.15) is 0 Å². The number of urea groups is 1. The summed E-state index contributed by atoms with van der Waals surface area (Å²) in [5.41, 5.74) is 0. The first-order valence-corrected chi connectivity index (χ1v) is 5.11. The van der Waals surface area contributed by atoms with Gasteiger partial charge in [-0.05, 0) is 20.3 Å². The molecule has 1 heterocycles. The monoisotopic (exact) mass is 184 g/mol. The summed E-state index contributed by atoms with van der Waals surface area (Å²) < 4.78 is 0. The van der Waals surface area contributed by atoms with Gasteiger partial charge in [0.1, 0.15) is 0 Å². The fourth-order valence-corrected chi connectivity index (χ4v) is 1.84. The Morgan fingerprint density at radius 2 is 2.15 bits per heavy atom. The molecule has 3 heteroatoms. The molecule has 13 heavy (non-hydrogen) atoms. The largest absolute Gasteiger partial charge is 0.323 e. The molecule has 0 aromatic heterocycles. The normalized spacial score (nSPS) is 23.5. The third kappa shape index (κ3) is 1.95. The third-order valence-electron chi connectivity index (χ3n) is 2.75. The lowest BCUT2D eigenvalue weighted by atomic mass is 10.1. The highest BCUT2D eigenvalue weighted by molar-refractivity contribution is 5.77. The van der Waals surface area contributed by atoms with Gasteiger partial charge in [0, 0.05) is 19.6 Å². The number of carbonyl (C=O) groups is 1. The molecule has 1 rings (SSSR count). The van der Waals surface area contributed by atoms with Gasteiger partial charge in [0.15, 0.2) is 0 Å². The number of carbonyl (C=O) groups excluding carboxylic acids is 1. The molecule has 1 fully saturated rings. The first-order chi connectivity index (χ1) is 6.07. The molecule has 3 nitrogen and oxygen atoms in total. The van der Waals surface area contributed by atoms with Gasteiger partial charge in [-0.1, -0.05) is 13.3 Å². The molecule has 0 aromatic rings. The number of amides is 2. The smallest absolute Gasteiger partial charge is 0.320 e. The van der Waals surface area contributed by atoms with Crippen molar-refractivity contribution in [1.82, 2.24) is 9.80 Å². The average molecular weight is 184 g/mol. The molecule has 0 aliphatic carbocycles. The van der Waals surface area contributed by atoms with E-state index in [1.807, 2.05) is 16.8 Å². The summed E-state index contributed by atoms with van der Waals surface area (Å²) in [4.78, 5) is 15.5. The van der Waals surface area contributed by atoms with Crippen molar-refractivity contribution in [1.29, 1.82) is 0 Å². The fourth-order valence-electron chi connectivity index (χ4n) is 1.84. The number of likely N-dealkylation sites (N-methyl/N-ethyl adjacent to an activating group) is 1. The number of hydrogen-bond acceptors (Lipinski definition) is 1. The van der Waals surface area contributed by atoms with E-state index in [-0.39, 0.29) is 6.03 Å². The van der Waals surface area contributed by atoms with Crippen LogP contribution in [0.3, 0.4) is 0 Å². The van der Waals surface area contributed by atoms with Crippen LogP contribution in [-0.4, -0.2) is 41.5 Å². The van der Waals surface area contributed by atoms with Crippen LogP contribution in [0.15, 0.2) is 0 Å². The standard InChI is InChI=1S/C10H20N2O/c1-5-6-9-7-12(8(2)3)10(13)11(9)4/h8-9H,5-7H2,1-4H3. The van der Waals surface area contributed by atoms with Gasteiger partial charge in [0.2, 0.25) is 0 Å². The van der Waals surface area contributed by atoms with Crippen molar-refractivity contribution >= 4 is 6.03 Å². The van der Waals surface area contributed by atoms with Crippen molar-refractivity contribution in [3.05, 3.63) is 0 Å². The van der Waals surface area contributed by atoms with Gasteiger partial charge in [-0.15, -0.1) is 0 Å². The van der Waals surface area contributed by atoms with Crippen LogP contribution in [0.4, 0.5) is 4.79 Å². The summed E-state index contributed by atoms with van der Waals surface area (Å²) in [6.07, 6.45) is 2.26. The molecule has 1 aliphatic heterocycles. The van der Waals surface area contributed by atoms with E-state index in [1.165, 1.54) is 0 Å². The number of nitrogens with zero attached hydrogens (tertiary/aromatic N) is 2. The minimum atomic E-state index is 0.188. The summed E-state index contributed by atoms with van der Waals surface area (Å²) in [7, 11) is 1.91. The predicted octanol–water partition coefficient (Wildman–Crippen LogP) is 1.93. The molecule has 0 aromatic carbocycles. The second-order valence-electron chi connectivity index (χ2n) is 4.08. The quantitative estimate of drug-likeness (QED) is 0.657. The van der Waals surface area contributed by atoms with Crippen LogP contribution in [0, 0.1) is 0 Å². The molecule has 0 N–H and O–H groups in total. The Morgan fingerprint density at radius 1 is 1.54 bits per heavy atom. The number of rotatable bonds is 3.